The Bertz CT molecular complexity index is 914. The van der Waals surface area contributed by atoms with Crippen molar-refractivity contribution in [2.75, 3.05) is 10.6 Å². The molecule has 0 aliphatic heterocycles. The summed E-state index contributed by atoms with van der Waals surface area (Å²) < 4.78 is 0. The highest BCUT2D eigenvalue weighted by Crippen LogP contribution is 2.28. The average molecular weight is 335 g/mol. The number of hydrogen-bond acceptors (Lipinski definition) is 6. The number of thiazole rings is 1. The van der Waals surface area contributed by atoms with E-state index >= 15 is 0 Å². The number of anilines is 3. The second-order valence-electron chi connectivity index (χ2n) is 4.92. The molecule has 3 rings (SSSR count). The first-order chi connectivity index (χ1) is 11.7. The van der Waals surface area contributed by atoms with Gasteiger partial charge >= 0.3 is 0 Å². The second kappa shape index (κ2) is 6.89. The number of hydrogen-bond donors (Lipinski definition) is 2. The van der Waals surface area contributed by atoms with E-state index in [0.717, 1.165) is 10.7 Å². The Morgan fingerprint density at radius 1 is 1.25 bits per heavy atom. The molecule has 0 aliphatic carbocycles. The minimum atomic E-state index is -0.333. The van der Waals surface area contributed by atoms with Crippen LogP contribution in [0.2, 0.25) is 0 Å². The van der Waals surface area contributed by atoms with Gasteiger partial charge in [-0.05, 0) is 37.3 Å². The number of aromatic nitrogens is 2. The minimum absolute atomic E-state index is 0.309. The van der Waals surface area contributed by atoms with E-state index < -0.39 is 0 Å². The van der Waals surface area contributed by atoms with E-state index in [2.05, 4.69) is 20.6 Å². The summed E-state index contributed by atoms with van der Waals surface area (Å²) in [5, 5.41) is 16.3. The molecule has 0 aliphatic rings. The van der Waals surface area contributed by atoms with Crippen molar-refractivity contribution in [2.24, 2.45) is 0 Å². The van der Waals surface area contributed by atoms with Crippen LogP contribution in [0.15, 0.2) is 48.8 Å². The Labute approximate surface area is 142 Å². The molecule has 0 spiro atoms. The van der Waals surface area contributed by atoms with E-state index in [-0.39, 0.29) is 5.91 Å². The lowest BCUT2D eigenvalue weighted by Crippen LogP contribution is -2.14. The summed E-state index contributed by atoms with van der Waals surface area (Å²) >= 11 is 1.39. The van der Waals surface area contributed by atoms with E-state index in [4.69, 9.17) is 5.26 Å². The summed E-state index contributed by atoms with van der Waals surface area (Å²) in [5.74, 6) is -0.333. The lowest BCUT2D eigenvalue weighted by molar-refractivity contribution is 0.102. The van der Waals surface area contributed by atoms with Crippen molar-refractivity contribution in [1.29, 1.82) is 5.26 Å². The predicted octanol–water partition coefficient (Wildman–Crippen LogP) is 3.71. The van der Waals surface area contributed by atoms with Gasteiger partial charge in [0.1, 0.15) is 5.00 Å². The van der Waals surface area contributed by atoms with Crippen molar-refractivity contribution in [1.82, 2.24) is 9.97 Å². The first kappa shape index (κ1) is 15.6. The highest BCUT2D eigenvalue weighted by molar-refractivity contribution is 7.16. The van der Waals surface area contributed by atoms with Crippen LogP contribution >= 0.6 is 11.3 Å². The van der Waals surface area contributed by atoms with Gasteiger partial charge in [0.05, 0.1) is 28.5 Å². The lowest BCUT2D eigenvalue weighted by atomic mass is 10.2. The molecule has 24 heavy (non-hydrogen) atoms. The predicted molar refractivity (Wildman–Crippen MR) is 93.5 cm³/mol. The Morgan fingerprint density at radius 2 is 2.08 bits per heavy atom. The Kier molecular flexibility index (Phi) is 4.50. The summed E-state index contributed by atoms with van der Waals surface area (Å²) in [6.07, 6.45) is 3.35. The number of rotatable bonds is 4. The molecule has 6 nitrogen and oxygen atoms in total. The number of carbonyl (C=O) groups excluding carboxylic acids is 1. The number of pyridine rings is 1. The van der Waals surface area contributed by atoms with Crippen molar-refractivity contribution in [3.8, 4) is 6.07 Å². The summed E-state index contributed by atoms with van der Waals surface area (Å²) in [7, 11) is 0. The molecular formula is C17H13N5OS. The van der Waals surface area contributed by atoms with Gasteiger partial charge in [-0.25, -0.2) is 4.98 Å². The van der Waals surface area contributed by atoms with Crippen LogP contribution < -0.4 is 10.6 Å². The first-order valence-corrected chi connectivity index (χ1v) is 7.93. The standard InChI is InChI=1S/C17H13N5OS/c1-11-20-15(17(24-11)22-14-6-3-7-19-10-14)16(23)21-13-5-2-4-12(8-13)9-18/h2-8,10,22H,1H3,(H,21,23). The number of nitrogens with zero attached hydrogens (tertiary/aromatic N) is 3. The molecule has 0 bridgehead atoms. The molecule has 0 saturated heterocycles. The van der Waals surface area contributed by atoms with Crippen molar-refractivity contribution in [3.05, 3.63) is 65.1 Å². The summed E-state index contributed by atoms with van der Waals surface area (Å²) in [6, 6.07) is 12.5. The van der Waals surface area contributed by atoms with Crippen LogP contribution in [0.3, 0.4) is 0 Å². The van der Waals surface area contributed by atoms with Gasteiger partial charge in [0.25, 0.3) is 5.91 Å². The van der Waals surface area contributed by atoms with E-state index in [0.29, 0.717) is 21.9 Å². The maximum atomic E-state index is 12.5. The quantitative estimate of drug-likeness (QED) is 0.758. The number of carbonyl (C=O) groups is 1. The van der Waals surface area contributed by atoms with Crippen LogP contribution in [0.25, 0.3) is 0 Å². The topological polar surface area (TPSA) is 90.7 Å². The van der Waals surface area contributed by atoms with Gasteiger partial charge in [-0.15, -0.1) is 11.3 Å². The highest BCUT2D eigenvalue weighted by atomic mass is 32.1. The van der Waals surface area contributed by atoms with Gasteiger partial charge in [-0.3, -0.25) is 9.78 Å². The molecule has 0 unspecified atom stereocenters. The van der Waals surface area contributed by atoms with Crippen molar-refractivity contribution < 1.29 is 4.79 Å². The third-order valence-electron chi connectivity index (χ3n) is 3.12. The second-order valence-corrected chi connectivity index (χ2v) is 6.13. The fourth-order valence-corrected chi connectivity index (χ4v) is 2.93. The molecule has 2 N–H and O–H groups in total. The van der Waals surface area contributed by atoms with Crippen LogP contribution in [0.4, 0.5) is 16.4 Å². The zero-order valence-corrected chi connectivity index (χ0v) is 13.6. The van der Waals surface area contributed by atoms with E-state index in [1.165, 1.54) is 11.3 Å². The van der Waals surface area contributed by atoms with E-state index in [9.17, 15) is 4.79 Å². The SMILES string of the molecule is Cc1nc(C(=O)Nc2cccc(C#N)c2)c(Nc2cccnc2)s1. The summed E-state index contributed by atoms with van der Waals surface area (Å²) in [6.45, 7) is 1.84. The minimum Gasteiger partial charge on any atom is -0.344 e. The first-order valence-electron chi connectivity index (χ1n) is 7.11. The third-order valence-corrected chi connectivity index (χ3v) is 4.00. The largest absolute Gasteiger partial charge is 0.344 e. The zero-order valence-electron chi connectivity index (χ0n) is 12.8. The molecule has 3 aromatic rings. The average Bonchev–Trinajstić information content (AvgIpc) is 2.96. The third kappa shape index (κ3) is 3.56. The molecule has 0 fully saturated rings. The maximum absolute atomic E-state index is 12.5. The molecule has 118 valence electrons. The van der Waals surface area contributed by atoms with Crippen LogP contribution in [-0.4, -0.2) is 15.9 Å². The molecule has 0 atom stereocenters. The Morgan fingerprint density at radius 3 is 2.83 bits per heavy atom. The molecule has 2 heterocycles. The molecule has 0 radical (unpaired) electrons. The van der Waals surface area contributed by atoms with E-state index in [1.807, 2.05) is 25.1 Å². The molecule has 1 amide bonds. The van der Waals surface area contributed by atoms with Gasteiger partial charge in [0.2, 0.25) is 0 Å². The smallest absolute Gasteiger partial charge is 0.277 e. The molecule has 0 saturated carbocycles. The number of amides is 1. The number of benzene rings is 1. The van der Waals surface area contributed by atoms with Gasteiger partial charge in [-0.1, -0.05) is 6.07 Å². The summed E-state index contributed by atoms with van der Waals surface area (Å²) in [4.78, 5) is 20.9. The fraction of sp³-hybridized carbons (Fsp3) is 0.0588. The van der Waals surface area contributed by atoms with E-state index in [1.54, 1.807) is 36.7 Å². The normalized spacial score (nSPS) is 10.0. The number of aryl methyl sites for hydroxylation is 1. The van der Waals surface area contributed by atoms with Crippen LogP contribution in [0.1, 0.15) is 21.1 Å². The van der Waals surface area contributed by atoms with Crippen molar-refractivity contribution in [3.63, 3.8) is 0 Å². The van der Waals surface area contributed by atoms with Crippen LogP contribution in [-0.2, 0) is 0 Å². The van der Waals surface area contributed by atoms with Crippen molar-refractivity contribution in [2.45, 2.75) is 6.92 Å². The summed E-state index contributed by atoms with van der Waals surface area (Å²) in [5.41, 5.74) is 2.12. The van der Waals surface area contributed by atoms with Gasteiger partial charge in [0.15, 0.2) is 5.69 Å². The van der Waals surface area contributed by atoms with Crippen LogP contribution in [0, 0.1) is 18.3 Å². The maximum Gasteiger partial charge on any atom is 0.277 e. The zero-order chi connectivity index (χ0) is 16.9. The molecular weight excluding hydrogens is 322 g/mol. The van der Waals surface area contributed by atoms with Crippen LogP contribution in [0.5, 0.6) is 0 Å². The number of nitrogens with one attached hydrogen (secondary N) is 2. The molecule has 1 aromatic carbocycles. The monoisotopic (exact) mass is 335 g/mol. The fourth-order valence-electron chi connectivity index (χ4n) is 2.09. The van der Waals surface area contributed by atoms with Gasteiger partial charge in [0, 0.05) is 11.9 Å². The van der Waals surface area contributed by atoms with Crippen molar-refractivity contribution >= 4 is 33.6 Å². The van der Waals surface area contributed by atoms with Gasteiger partial charge < -0.3 is 10.6 Å². The highest BCUT2D eigenvalue weighted by Gasteiger charge is 2.17. The Hall–Kier alpha value is -3.24. The molecule has 7 heteroatoms. The Balaban J connectivity index is 1.83. The number of nitriles is 1. The molecule has 2 aromatic heterocycles. The lowest BCUT2D eigenvalue weighted by Gasteiger charge is -2.07. The van der Waals surface area contributed by atoms with Gasteiger partial charge in [-0.2, -0.15) is 5.26 Å².